The topological polar surface area (TPSA) is 98.7 Å². The first-order valence-electron chi connectivity index (χ1n) is 8.00. The van der Waals surface area contributed by atoms with Gasteiger partial charge in [-0.3, -0.25) is 19.7 Å². The van der Waals surface area contributed by atoms with Gasteiger partial charge < -0.3 is 15.3 Å². The van der Waals surface area contributed by atoms with Gasteiger partial charge in [-0.15, -0.1) is 12.4 Å². The molecule has 2 unspecified atom stereocenters. The molecule has 0 aromatic rings. The van der Waals surface area contributed by atoms with Crippen molar-refractivity contribution in [2.45, 2.75) is 58.0 Å². The van der Waals surface area contributed by atoms with Crippen LogP contribution in [0.5, 0.6) is 0 Å². The van der Waals surface area contributed by atoms with Gasteiger partial charge in [0.15, 0.2) is 0 Å². The van der Waals surface area contributed by atoms with Crippen LogP contribution in [-0.4, -0.2) is 59.5 Å². The Bertz CT molecular complexity index is 400. The van der Waals surface area contributed by atoms with Gasteiger partial charge in [0.25, 0.3) is 0 Å². The predicted octanol–water partition coefficient (Wildman–Crippen LogP) is 0.768. The van der Waals surface area contributed by atoms with E-state index in [0.29, 0.717) is 6.42 Å². The Morgan fingerprint density at radius 1 is 1.17 bits per heavy atom. The van der Waals surface area contributed by atoms with E-state index in [-0.39, 0.29) is 30.8 Å². The lowest BCUT2D eigenvalue weighted by molar-refractivity contribution is -0.140. The zero-order valence-electron chi connectivity index (χ0n) is 13.8. The predicted molar refractivity (Wildman–Crippen MR) is 89.6 cm³/mol. The van der Waals surface area contributed by atoms with Gasteiger partial charge in [-0.25, -0.2) is 0 Å². The number of hydrogen-bond donors (Lipinski definition) is 3. The van der Waals surface area contributed by atoms with E-state index in [9.17, 15) is 14.4 Å². The summed E-state index contributed by atoms with van der Waals surface area (Å²) < 4.78 is 0. The molecule has 1 fully saturated rings. The summed E-state index contributed by atoms with van der Waals surface area (Å²) >= 11 is 0. The molecule has 1 rings (SSSR count). The Balaban J connectivity index is 0.00000484. The van der Waals surface area contributed by atoms with Crippen molar-refractivity contribution in [1.29, 1.82) is 0 Å². The minimum absolute atomic E-state index is 0. The molecule has 7 nitrogen and oxygen atoms in total. The van der Waals surface area contributed by atoms with Crippen molar-refractivity contribution in [3.63, 3.8) is 0 Å². The number of hydrogen-bond acceptors (Lipinski definition) is 4. The van der Waals surface area contributed by atoms with Gasteiger partial charge in [-0.2, -0.15) is 0 Å². The molecule has 1 aliphatic heterocycles. The number of rotatable bonds is 8. The molecule has 0 saturated carbocycles. The van der Waals surface area contributed by atoms with Crippen LogP contribution >= 0.6 is 12.4 Å². The fourth-order valence-corrected chi connectivity index (χ4v) is 2.56. The molecule has 23 heavy (non-hydrogen) atoms. The summed E-state index contributed by atoms with van der Waals surface area (Å²) in [4.78, 5) is 36.8. The summed E-state index contributed by atoms with van der Waals surface area (Å²) in [5.74, 6) is -1.40. The maximum atomic E-state index is 12.2. The van der Waals surface area contributed by atoms with E-state index < -0.39 is 18.1 Å². The molecule has 2 atom stereocenters. The van der Waals surface area contributed by atoms with Gasteiger partial charge in [0, 0.05) is 13.1 Å². The molecule has 1 aliphatic rings. The van der Waals surface area contributed by atoms with Crippen LogP contribution in [0.2, 0.25) is 0 Å². The summed E-state index contributed by atoms with van der Waals surface area (Å²) in [6.45, 7) is 4.94. The van der Waals surface area contributed by atoms with Crippen LogP contribution in [0.1, 0.15) is 46.0 Å². The lowest BCUT2D eigenvalue weighted by atomic mass is 10.1. The number of amides is 2. The van der Waals surface area contributed by atoms with Crippen molar-refractivity contribution < 1.29 is 19.5 Å². The highest BCUT2D eigenvalue weighted by atomic mass is 35.5. The Kier molecular flexibility index (Phi) is 10.6. The molecule has 3 N–H and O–H groups in total. The monoisotopic (exact) mass is 349 g/mol. The second-order valence-corrected chi connectivity index (χ2v) is 5.74. The summed E-state index contributed by atoms with van der Waals surface area (Å²) in [6.07, 6.45) is 4.33. The van der Waals surface area contributed by atoms with E-state index in [4.69, 9.17) is 5.11 Å². The molecule has 0 bridgehead atoms. The van der Waals surface area contributed by atoms with Crippen molar-refractivity contribution in [2.24, 2.45) is 0 Å². The molecule has 0 spiro atoms. The molecule has 1 saturated heterocycles. The number of piperidine rings is 1. The lowest BCUT2D eigenvalue weighted by Crippen LogP contribution is -2.51. The van der Waals surface area contributed by atoms with E-state index in [1.165, 1.54) is 0 Å². The zero-order chi connectivity index (χ0) is 16.5. The van der Waals surface area contributed by atoms with E-state index in [0.717, 1.165) is 38.8 Å². The summed E-state index contributed by atoms with van der Waals surface area (Å²) in [7, 11) is 0. The van der Waals surface area contributed by atoms with Crippen LogP contribution in [0.3, 0.4) is 0 Å². The van der Waals surface area contributed by atoms with Crippen LogP contribution in [0.15, 0.2) is 0 Å². The molecule has 2 amide bonds. The van der Waals surface area contributed by atoms with Gasteiger partial charge in [0.2, 0.25) is 11.8 Å². The van der Waals surface area contributed by atoms with Crippen LogP contribution in [0.4, 0.5) is 0 Å². The van der Waals surface area contributed by atoms with E-state index in [1.54, 1.807) is 11.8 Å². The fraction of sp³-hybridized carbons (Fsp3) is 0.800. The first-order chi connectivity index (χ1) is 10.5. The van der Waals surface area contributed by atoms with Gasteiger partial charge >= 0.3 is 5.97 Å². The minimum Gasteiger partial charge on any atom is -0.480 e. The fourth-order valence-electron chi connectivity index (χ4n) is 2.56. The first kappa shape index (κ1) is 21.7. The second kappa shape index (κ2) is 11.2. The lowest BCUT2D eigenvalue weighted by Gasteiger charge is -2.29. The highest BCUT2D eigenvalue weighted by molar-refractivity contribution is 5.88. The number of halogens is 1. The van der Waals surface area contributed by atoms with Gasteiger partial charge in [0.1, 0.15) is 12.1 Å². The molecule has 1 heterocycles. The molecule has 134 valence electrons. The first-order valence-corrected chi connectivity index (χ1v) is 8.00. The third-order valence-electron chi connectivity index (χ3n) is 3.80. The van der Waals surface area contributed by atoms with Crippen molar-refractivity contribution in [3.8, 4) is 0 Å². The second-order valence-electron chi connectivity index (χ2n) is 5.74. The highest BCUT2D eigenvalue weighted by Gasteiger charge is 2.24. The van der Waals surface area contributed by atoms with Gasteiger partial charge in [-0.05, 0) is 32.6 Å². The SMILES string of the molecule is CCCC(NCC(=O)NC(C)C(=O)N1CCCCC1)C(=O)O.Cl. The normalized spacial score (nSPS) is 16.9. The largest absolute Gasteiger partial charge is 0.480 e. The number of likely N-dealkylation sites (tertiary alicyclic amines) is 1. The molecule has 0 radical (unpaired) electrons. The maximum Gasteiger partial charge on any atom is 0.320 e. The number of aliphatic carboxylic acids is 1. The van der Waals surface area contributed by atoms with Crippen LogP contribution < -0.4 is 10.6 Å². The molecule has 0 aromatic heterocycles. The van der Waals surface area contributed by atoms with Crippen LogP contribution in [0.25, 0.3) is 0 Å². The van der Waals surface area contributed by atoms with Crippen molar-refractivity contribution >= 4 is 30.2 Å². The van der Waals surface area contributed by atoms with E-state index in [1.807, 2.05) is 6.92 Å². The number of carbonyl (C=O) groups is 3. The van der Waals surface area contributed by atoms with Crippen LogP contribution in [-0.2, 0) is 14.4 Å². The molecule has 8 heteroatoms. The average molecular weight is 350 g/mol. The third-order valence-corrected chi connectivity index (χ3v) is 3.80. The Morgan fingerprint density at radius 3 is 2.30 bits per heavy atom. The van der Waals surface area contributed by atoms with Gasteiger partial charge in [-0.1, -0.05) is 13.3 Å². The van der Waals surface area contributed by atoms with E-state index in [2.05, 4.69) is 10.6 Å². The van der Waals surface area contributed by atoms with E-state index >= 15 is 0 Å². The standard InChI is InChI=1S/C15H27N3O4.ClH/c1-3-7-12(15(21)22)16-10-13(19)17-11(2)14(20)18-8-5-4-6-9-18;/h11-12,16H,3-10H2,1-2H3,(H,17,19)(H,21,22);1H. The number of carbonyl (C=O) groups excluding carboxylic acids is 2. The Hall–Kier alpha value is -1.34. The highest BCUT2D eigenvalue weighted by Crippen LogP contribution is 2.09. The third kappa shape index (κ3) is 7.65. The number of nitrogens with zero attached hydrogens (tertiary/aromatic N) is 1. The average Bonchev–Trinajstić information content (AvgIpc) is 2.51. The smallest absolute Gasteiger partial charge is 0.320 e. The quantitative estimate of drug-likeness (QED) is 0.601. The summed E-state index contributed by atoms with van der Waals surface area (Å²) in [5.41, 5.74) is 0. The molecular weight excluding hydrogens is 322 g/mol. The maximum absolute atomic E-state index is 12.2. The summed E-state index contributed by atoms with van der Waals surface area (Å²) in [6, 6.07) is -1.31. The zero-order valence-corrected chi connectivity index (χ0v) is 14.7. The van der Waals surface area contributed by atoms with Crippen LogP contribution in [0, 0.1) is 0 Å². The molecule has 0 aromatic carbocycles. The molecule has 0 aliphatic carbocycles. The Labute approximate surface area is 143 Å². The summed E-state index contributed by atoms with van der Waals surface area (Å²) in [5, 5.41) is 14.3. The minimum atomic E-state index is -0.966. The Morgan fingerprint density at radius 2 is 1.78 bits per heavy atom. The van der Waals surface area contributed by atoms with Crippen molar-refractivity contribution in [2.75, 3.05) is 19.6 Å². The number of carboxylic acids is 1. The molecular formula is C15H28ClN3O4. The number of carboxylic acid groups (broad SMARTS) is 1. The van der Waals surface area contributed by atoms with Crippen molar-refractivity contribution in [3.05, 3.63) is 0 Å². The van der Waals surface area contributed by atoms with Crippen molar-refractivity contribution in [1.82, 2.24) is 15.5 Å². The number of nitrogens with one attached hydrogen (secondary N) is 2. The van der Waals surface area contributed by atoms with Gasteiger partial charge in [0.05, 0.1) is 6.54 Å².